The Balaban J connectivity index is 1.85. The lowest BCUT2D eigenvalue weighted by molar-refractivity contribution is 0.102. The number of amides is 1. The molecule has 0 aliphatic carbocycles. The zero-order valence-corrected chi connectivity index (χ0v) is 16.2. The number of hydrogen-bond donors (Lipinski definition) is 2. The number of aryl methyl sites for hydroxylation is 1. The molecule has 0 bridgehead atoms. The molecule has 5 nitrogen and oxygen atoms in total. The minimum absolute atomic E-state index is 0.221. The molecule has 1 amide bonds. The molecule has 0 fully saturated rings. The van der Waals surface area contributed by atoms with Crippen molar-refractivity contribution >= 4 is 23.0 Å². The number of para-hydroxylation sites is 2. The summed E-state index contributed by atoms with van der Waals surface area (Å²) in [5.41, 5.74) is 5.24. The van der Waals surface area contributed by atoms with Gasteiger partial charge < -0.3 is 10.6 Å². The van der Waals surface area contributed by atoms with E-state index in [0.717, 1.165) is 16.8 Å². The zero-order chi connectivity index (χ0) is 20.1. The van der Waals surface area contributed by atoms with Gasteiger partial charge in [0.25, 0.3) is 5.91 Å². The molecule has 0 unspecified atom stereocenters. The number of benzene rings is 2. The van der Waals surface area contributed by atoms with Crippen LogP contribution in [-0.2, 0) is 0 Å². The third kappa shape index (κ3) is 4.18. The molecule has 1 aromatic heterocycles. The predicted octanol–water partition coefficient (Wildman–Crippen LogP) is 5.38. The molecule has 0 aliphatic heterocycles. The summed E-state index contributed by atoms with van der Waals surface area (Å²) < 4.78 is 0. The van der Waals surface area contributed by atoms with E-state index in [1.54, 1.807) is 24.4 Å². The summed E-state index contributed by atoms with van der Waals surface area (Å²) >= 11 is 0. The van der Waals surface area contributed by atoms with Crippen molar-refractivity contribution in [3.05, 3.63) is 83.2 Å². The van der Waals surface area contributed by atoms with Crippen LogP contribution in [0.25, 0.3) is 0 Å². The Bertz CT molecular complexity index is 1050. The molecule has 28 heavy (non-hydrogen) atoms. The zero-order valence-electron chi connectivity index (χ0n) is 16.2. The van der Waals surface area contributed by atoms with Crippen LogP contribution in [0, 0.1) is 18.3 Å². The largest absolute Gasteiger partial charge is 0.353 e. The second-order valence-corrected chi connectivity index (χ2v) is 6.89. The molecule has 0 saturated carbocycles. The molecule has 5 heteroatoms. The topological polar surface area (TPSA) is 77.8 Å². The Kier molecular flexibility index (Phi) is 5.71. The summed E-state index contributed by atoms with van der Waals surface area (Å²) in [5, 5.41) is 15.4. The first kappa shape index (κ1) is 19.1. The van der Waals surface area contributed by atoms with E-state index < -0.39 is 0 Å². The van der Waals surface area contributed by atoms with E-state index in [-0.39, 0.29) is 5.91 Å². The van der Waals surface area contributed by atoms with Crippen molar-refractivity contribution in [2.45, 2.75) is 26.7 Å². The fourth-order valence-corrected chi connectivity index (χ4v) is 3.01. The molecule has 0 aliphatic rings. The van der Waals surface area contributed by atoms with E-state index in [2.05, 4.69) is 35.5 Å². The van der Waals surface area contributed by atoms with Crippen molar-refractivity contribution in [1.82, 2.24) is 4.98 Å². The lowest BCUT2D eigenvalue weighted by atomic mass is 9.98. The highest BCUT2D eigenvalue weighted by atomic mass is 16.1. The number of hydrogen-bond acceptors (Lipinski definition) is 4. The van der Waals surface area contributed by atoms with E-state index in [9.17, 15) is 10.1 Å². The van der Waals surface area contributed by atoms with Crippen LogP contribution in [0.5, 0.6) is 0 Å². The molecule has 3 aromatic rings. The summed E-state index contributed by atoms with van der Waals surface area (Å²) in [6, 6.07) is 17.1. The Morgan fingerprint density at radius 1 is 1.11 bits per heavy atom. The first-order valence-corrected chi connectivity index (χ1v) is 9.11. The number of anilines is 3. The molecule has 1 heterocycles. The van der Waals surface area contributed by atoms with Gasteiger partial charge in [0.1, 0.15) is 6.07 Å². The number of nitriles is 1. The van der Waals surface area contributed by atoms with Crippen molar-refractivity contribution in [1.29, 1.82) is 5.26 Å². The quantitative estimate of drug-likeness (QED) is 0.632. The smallest absolute Gasteiger partial charge is 0.257 e. The lowest BCUT2D eigenvalue weighted by Crippen LogP contribution is -2.15. The van der Waals surface area contributed by atoms with Gasteiger partial charge in [-0.15, -0.1) is 0 Å². The van der Waals surface area contributed by atoms with Crippen LogP contribution in [0.2, 0.25) is 0 Å². The fourth-order valence-electron chi connectivity index (χ4n) is 3.01. The van der Waals surface area contributed by atoms with Gasteiger partial charge in [0, 0.05) is 11.9 Å². The monoisotopic (exact) mass is 370 g/mol. The highest BCUT2D eigenvalue weighted by Gasteiger charge is 2.14. The second-order valence-electron chi connectivity index (χ2n) is 6.89. The fraction of sp³-hybridized carbons (Fsp3) is 0.174. The van der Waals surface area contributed by atoms with Crippen LogP contribution in [0.1, 0.15) is 46.8 Å². The minimum atomic E-state index is -0.221. The van der Waals surface area contributed by atoms with E-state index >= 15 is 0 Å². The van der Waals surface area contributed by atoms with Gasteiger partial charge in [-0.2, -0.15) is 5.26 Å². The predicted molar refractivity (Wildman–Crippen MR) is 112 cm³/mol. The Labute approximate surface area is 165 Å². The molecule has 140 valence electrons. The van der Waals surface area contributed by atoms with Crippen LogP contribution >= 0.6 is 0 Å². The van der Waals surface area contributed by atoms with E-state index in [1.165, 1.54) is 6.20 Å². The maximum absolute atomic E-state index is 12.8. The Hall–Kier alpha value is -3.65. The van der Waals surface area contributed by atoms with Gasteiger partial charge in [0.05, 0.1) is 28.7 Å². The van der Waals surface area contributed by atoms with Gasteiger partial charge in [-0.1, -0.05) is 44.2 Å². The summed E-state index contributed by atoms with van der Waals surface area (Å²) in [6.45, 7) is 6.18. The SMILES string of the molecule is Cc1cccc(C(C)C)c1NC(=O)c1cncc(Nc2ccccc2C#N)c1. The van der Waals surface area contributed by atoms with Gasteiger partial charge in [-0.05, 0) is 42.2 Å². The molecule has 2 aromatic carbocycles. The maximum atomic E-state index is 12.8. The molecular formula is C23H22N4O. The van der Waals surface area contributed by atoms with Crippen molar-refractivity contribution in [3.63, 3.8) is 0 Å². The van der Waals surface area contributed by atoms with Crippen molar-refractivity contribution < 1.29 is 4.79 Å². The van der Waals surface area contributed by atoms with Crippen molar-refractivity contribution in [2.75, 3.05) is 10.6 Å². The van der Waals surface area contributed by atoms with Crippen molar-refractivity contribution in [3.8, 4) is 6.07 Å². The molecule has 0 saturated heterocycles. The van der Waals surface area contributed by atoms with Crippen LogP contribution < -0.4 is 10.6 Å². The van der Waals surface area contributed by atoms with Gasteiger partial charge in [0.15, 0.2) is 0 Å². The molecule has 0 spiro atoms. The third-order valence-corrected chi connectivity index (χ3v) is 4.49. The molecule has 2 N–H and O–H groups in total. The number of rotatable bonds is 5. The van der Waals surface area contributed by atoms with Gasteiger partial charge in [0.2, 0.25) is 0 Å². The number of aromatic nitrogens is 1. The summed E-state index contributed by atoms with van der Waals surface area (Å²) in [6.07, 6.45) is 3.16. The van der Waals surface area contributed by atoms with Gasteiger partial charge in [-0.25, -0.2) is 0 Å². The molecule has 0 radical (unpaired) electrons. The normalized spacial score (nSPS) is 10.4. The summed E-state index contributed by atoms with van der Waals surface area (Å²) in [5.74, 6) is 0.0738. The van der Waals surface area contributed by atoms with E-state index in [0.29, 0.717) is 28.4 Å². The standard InChI is InChI=1S/C23H22N4O/c1-15(2)20-9-6-7-16(3)22(20)27-23(28)18-11-19(14-25-13-18)26-21-10-5-4-8-17(21)12-24/h4-11,13-15,26H,1-3H3,(H,27,28). The minimum Gasteiger partial charge on any atom is -0.353 e. The van der Waals surface area contributed by atoms with E-state index in [4.69, 9.17) is 0 Å². The highest BCUT2D eigenvalue weighted by molar-refractivity contribution is 6.05. The third-order valence-electron chi connectivity index (χ3n) is 4.49. The highest BCUT2D eigenvalue weighted by Crippen LogP contribution is 2.28. The molecule has 0 atom stereocenters. The molecular weight excluding hydrogens is 348 g/mol. The van der Waals surface area contributed by atoms with Crippen LogP contribution in [0.15, 0.2) is 60.9 Å². The molecule has 3 rings (SSSR count). The number of pyridine rings is 1. The van der Waals surface area contributed by atoms with E-state index in [1.807, 2.05) is 37.3 Å². The van der Waals surface area contributed by atoms with Crippen LogP contribution in [0.3, 0.4) is 0 Å². The summed E-state index contributed by atoms with van der Waals surface area (Å²) in [4.78, 5) is 17.0. The number of nitrogens with zero attached hydrogens (tertiary/aromatic N) is 2. The lowest BCUT2D eigenvalue weighted by Gasteiger charge is -2.16. The van der Waals surface area contributed by atoms with Crippen LogP contribution in [0.4, 0.5) is 17.1 Å². The number of carbonyl (C=O) groups is 1. The Morgan fingerprint density at radius 3 is 2.64 bits per heavy atom. The average molecular weight is 370 g/mol. The first-order chi connectivity index (χ1) is 13.5. The first-order valence-electron chi connectivity index (χ1n) is 9.11. The average Bonchev–Trinajstić information content (AvgIpc) is 2.70. The second kappa shape index (κ2) is 8.36. The van der Waals surface area contributed by atoms with Gasteiger partial charge >= 0.3 is 0 Å². The maximum Gasteiger partial charge on any atom is 0.257 e. The Morgan fingerprint density at radius 2 is 1.89 bits per heavy atom. The van der Waals surface area contributed by atoms with Crippen LogP contribution in [-0.4, -0.2) is 10.9 Å². The van der Waals surface area contributed by atoms with Crippen molar-refractivity contribution in [2.24, 2.45) is 0 Å². The number of carbonyl (C=O) groups excluding carboxylic acids is 1. The summed E-state index contributed by atoms with van der Waals surface area (Å²) in [7, 11) is 0. The van der Waals surface area contributed by atoms with Gasteiger partial charge in [-0.3, -0.25) is 9.78 Å². The number of nitrogens with one attached hydrogen (secondary N) is 2.